The van der Waals surface area contributed by atoms with Crippen LogP contribution in [0.25, 0.3) is 0 Å². The first-order valence-electron chi connectivity index (χ1n) is 14.4. The molecule has 8 nitrogen and oxygen atoms in total. The molecule has 3 N–H and O–H groups in total. The number of ether oxygens (including phenoxy) is 1. The van der Waals surface area contributed by atoms with Crippen molar-refractivity contribution in [2.24, 2.45) is 39.9 Å². The number of carbonyl (C=O) groups is 4. The number of allylic oxidation sites excluding steroid dienone is 2. The maximum Gasteiger partial charge on any atom is 0.303 e. The fourth-order valence-corrected chi connectivity index (χ4v) is 8.74. The van der Waals surface area contributed by atoms with Crippen LogP contribution in [-0.2, 0) is 23.9 Å². The lowest BCUT2D eigenvalue weighted by Gasteiger charge is -2.63. The van der Waals surface area contributed by atoms with E-state index in [0.29, 0.717) is 12.8 Å². The summed E-state index contributed by atoms with van der Waals surface area (Å²) < 4.78 is 5.23. The molecule has 0 amide bonds. The maximum absolute atomic E-state index is 14.3. The predicted octanol–water partition coefficient (Wildman–Crippen LogP) is 3.75. The third kappa shape index (κ3) is 5.05. The van der Waals surface area contributed by atoms with Crippen LogP contribution in [0, 0.1) is 39.9 Å². The summed E-state index contributed by atoms with van der Waals surface area (Å²) in [5.74, 6) is -2.93. The Morgan fingerprint density at radius 2 is 1.75 bits per heavy atom. The number of esters is 1. The molecule has 2 saturated carbocycles. The number of fused-ring (bicyclic) bond motifs is 3. The van der Waals surface area contributed by atoms with Gasteiger partial charge in [0.25, 0.3) is 0 Å². The van der Waals surface area contributed by atoms with E-state index in [0.717, 1.165) is 5.57 Å². The van der Waals surface area contributed by atoms with Crippen LogP contribution in [0.15, 0.2) is 23.8 Å². The van der Waals surface area contributed by atoms with Gasteiger partial charge in [0.05, 0.1) is 6.10 Å². The minimum Gasteiger partial charge on any atom is -0.456 e. The molecule has 0 bridgehead atoms. The van der Waals surface area contributed by atoms with Crippen molar-refractivity contribution in [3.63, 3.8) is 0 Å². The molecule has 40 heavy (non-hydrogen) atoms. The van der Waals surface area contributed by atoms with E-state index in [1.165, 1.54) is 26.0 Å². The Morgan fingerprint density at radius 1 is 1.15 bits per heavy atom. The van der Waals surface area contributed by atoms with Crippen molar-refractivity contribution in [2.75, 3.05) is 6.61 Å². The van der Waals surface area contributed by atoms with E-state index in [-0.39, 0.29) is 42.2 Å². The fourth-order valence-electron chi connectivity index (χ4n) is 8.74. The van der Waals surface area contributed by atoms with Gasteiger partial charge >= 0.3 is 5.97 Å². The van der Waals surface area contributed by atoms with Crippen LogP contribution in [0.2, 0.25) is 0 Å². The lowest BCUT2D eigenvalue weighted by Crippen LogP contribution is -2.64. The highest BCUT2D eigenvalue weighted by Crippen LogP contribution is 2.73. The molecule has 0 spiro atoms. The minimum atomic E-state index is -2.00. The first-order chi connectivity index (χ1) is 18.2. The minimum absolute atomic E-state index is 0.0412. The molecule has 2 fully saturated rings. The molecule has 224 valence electrons. The maximum atomic E-state index is 14.3. The third-order valence-corrected chi connectivity index (χ3v) is 10.8. The van der Waals surface area contributed by atoms with Gasteiger partial charge in [-0.2, -0.15) is 0 Å². The molecule has 0 radical (unpaired) electrons. The molecular weight excluding hydrogens is 512 g/mol. The summed E-state index contributed by atoms with van der Waals surface area (Å²) in [7, 11) is 0. The zero-order valence-corrected chi connectivity index (χ0v) is 25.5. The Hall–Kier alpha value is -2.16. The number of aliphatic hydroxyl groups excluding tert-OH is 2. The summed E-state index contributed by atoms with van der Waals surface area (Å²) in [6, 6.07) is 0. The summed E-state index contributed by atoms with van der Waals surface area (Å²) in [5.41, 5.74) is -4.48. The van der Waals surface area contributed by atoms with Crippen LogP contribution in [0.3, 0.4) is 0 Å². The van der Waals surface area contributed by atoms with Gasteiger partial charge in [-0.25, -0.2) is 0 Å². The number of aliphatic hydroxyl groups is 3. The molecule has 3 aliphatic rings. The average molecular weight is 561 g/mol. The molecule has 3 aliphatic carbocycles. The average Bonchev–Trinajstić information content (AvgIpc) is 3.02. The molecule has 3 rings (SSSR count). The monoisotopic (exact) mass is 560 g/mol. The highest BCUT2D eigenvalue weighted by atomic mass is 16.6. The SMILES string of the molecule is CC(=O)OC(C)(C)C=CC(=O)C(C)(O)C1C(O)CC2(C)C3CC=C(C(C)C)C(CC(=O)CO)C3(C)C(=O)CC12C. The Balaban J connectivity index is 2.07. The standard InChI is InChI=1S/C32H48O8/c1-18(2)21-10-11-24-29(6)15-23(36)27(32(9,39)25(37)12-13-28(4,5)40-19(3)34)30(29,7)16-26(38)31(24,8)22(21)14-20(35)17-33/h10,12-13,18,22-24,27,33,36,39H,11,14-17H2,1-9H3. The normalized spacial score (nSPS) is 37.5. The van der Waals surface area contributed by atoms with Crippen LogP contribution in [0.1, 0.15) is 88.0 Å². The van der Waals surface area contributed by atoms with E-state index in [1.54, 1.807) is 13.8 Å². The second-order valence-corrected chi connectivity index (χ2v) is 14.1. The van der Waals surface area contributed by atoms with Crippen molar-refractivity contribution in [1.82, 2.24) is 0 Å². The van der Waals surface area contributed by atoms with Gasteiger partial charge in [-0.3, -0.25) is 19.2 Å². The van der Waals surface area contributed by atoms with Crippen LogP contribution in [0.5, 0.6) is 0 Å². The first-order valence-corrected chi connectivity index (χ1v) is 14.4. The van der Waals surface area contributed by atoms with Crippen LogP contribution in [0.4, 0.5) is 0 Å². The fraction of sp³-hybridized carbons (Fsp3) is 0.750. The van der Waals surface area contributed by atoms with Gasteiger partial charge in [-0.1, -0.05) is 46.3 Å². The van der Waals surface area contributed by atoms with Crippen molar-refractivity contribution in [2.45, 2.75) is 105 Å². The number of ketones is 3. The summed E-state index contributed by atoms with van der Waals surface area (Å²) >= 11 is 0. The van der Waals surface area contributed by atoms with Gasteiger partial charge in [0, 0.05) is 31.1 Å². The zero-order chi connectivity index (χ0) is 30.6. The van der Waals surface area contributed by atoms with Crippen molar-refractivity contribution in [3.8, 4) is 0 Å². The molecule has 8 atom stereocenters. The molecule has 0 aromatic rings. The molecular formula is C32H48O8. The third-order valence-electron chi connectivity index (χ3n) is 10.8. The number of Topliss-reactive ketones (excluding diaryl/α,β-unsaturated/α-hetero) is 2. The summed E-state index contributed by atoms with van der Waals surface area (Å²) in [6.45, 7) is 15.3. The topological polar surface area (TPSA) is 138 Å². The van der Waals surface area contributed by atoms with Crippen LogP contribution in [-0.4, -0.2) is 62.6 Å². The summed E-state index contributed by atoms with van der Waals surface area (Å²) in [5, 5.41) is 32.8. The Kier molecular flexibility index (Phi) is 8.57. The van der Waals surface area contributed by atoms with Crippen LogP contribution >= 0.6 is 0 Å². The molecule has 0 aromatic carbocycles. The van der Waals surface area contributed by atoms with Crippen molar-refractivity contribution >= 4 is 23.3 Å². The van der Waals surface area contributed by atoms with E-state index in [4.69, 9.17) is 4.74 Å². The van der Waals surface area contributed by atoms with Gasteiger partial charge < -0.3 is 20.1 Å². The lowest BCUT2D eigenvalue weighted by atomic mass is 9.39. The van der Waals surface area contributed by atoms with E-state index in [1.807, 2.05) is 34.6 Å². The Labute approximate surface area is 238 Å². The predicted molar refractivity (Wildman–Crippen MR) is 150 cm³/mol. The number of rotatable bonds is 9. The van der Waals surface area contributed by atoms with Crippen molar-refractivity contribution in [1.29, 1.82) is 0 Å². The van der Waals surface area contributed by atoms with Gasteiger partial charge in [0.2, 0.25) is 0 Å². The molecule has 0 aromatic heterocycles. The Bertz CT molecular complexity index is 1130. The van der Waals surface area contributed by atoms with Gasteiger partial charge in [-0.05, 0) is 74.3 Å². The zero-order valence-electron chi connectivity index (χ0n) is 25.5. The molecule has 0 aliphatic heterocycles. The first kappa shape index (κ1) is 32.4. The smallest absolute Gasteiger partial charge is 0.303 e. The number of hydrogen-bond donors (Lipinski definition) is 3. The lowest BCUT2D eigenvalue weighted by molar-refractivity contribution is -0.180. The van der Waals surface area contributed by atoms with E-state index in [9.17, 15) is 34.5 Å². The Morgan fingerprint density at radius 3 is 2.27 bits per heavy atom. The van der Waals surface area contributed by atoms with Gasteiger partial charge in [0.15, 0.2) is 11.6 Å². The van der Waals surface area contributed by atoms with E-state index < -0.39 is 57.8 Å². The second-order valence-electron chi connectivity index (χ2n) is 14.1. The second kappa shape index (κ2) is 10.6. The largest absolute Gasteiger partial charge is 0.456 e. The van der Waals surface area contributed by atoms with E-state index >= 15 is 0 Å². The highest BCUT2D eigenvalue weighted by molar-refractivity contribution is 5.97. The molecule has 8 heteroatoms. The highest BCUT2D eigenvalue weighted by Gasteiger charge is 2.73. The summed E-state index contributed by atoms with van der Waals surface area (Å²) in [4.78, 5) is 51.7. The quantitative estimate of drug-likeness (QED) is 0.220. The van der Waals surface area contributed by atoms with E-state index in [2.05, 4.69) is 6.08 Å². The summed E-state index contributed by atoms with van der Waals surface area (Å²) in [6.07, 6.45) is 4.66. The van der Waals surface area contributed by atoms with Crippen molar-refractivity contribution in [3.05, 3.63) is 23.8 Å². The number of hydrogen-bond acceptors (Lipinski definition) is 8. The molecule has 0 heterocycles. The number of carbonyl (C=O) groups excluding carboxylic acids is 4. The molecule has 0 saturated heterocycles. The molecule has 8 unspecified atom stereocenters. The van der Waals surface area contributed by atoms with Crippen molar-refractivity contribution < 1.29 is 39.2 Å². The van der Waals surface area contributed by atoms with Crippen LogP contribution < -0.4 is 0 Å². The van der Waals surface area contributed by atoms with Gasteiger partial charge in [-0.15, -0.1) is 0 Å². The van der Waals surface area contributed by atoms with Gasteiger partial charge in [0.1, 0.15) is 23.6 Å².